The number of rotatable bonds is 4. The third-order valence-electron chi connectivity index (χ3n) is 3.58. The highest BCUT2D eigenvalue weighted by Crippen LogP contribution is 2.32. The van der Waals surface area contributed by atoms with Crippen molar-refractivity contribution in [3.63, 3.8) is 0 Å². The highest BCUT2D eigenvalue weighted by molar-refractivity contribution is 9.10. The fourth-order valence-electron chi connectivity index (χ4n) is 2.49. The van der Waals surface area contributed by atoms with Crippen LogP contribution in [0.2, 0.25) is 0 Å². The van der Waals surface area contributed by atoms with E-state index in [4.69, 9.17) is 0 Å². The first-order chi connectivity index (χ1) is 8.97. The van der Waals surface area contributed by atoms with Crippen molar-refractivity contribution in [3.8, 4) is 0 Å². The molecular weight excluding hydrogens is 312 g/mol. The fourth-order valence-corrected chi connectivity index (χ4v) is 2.96. The molecule has 1 saturated carbocycles. The number of nitro benzene ring substituents is 1. The summed E-state index contributed by atoms with van der Waals surface area (Å²) >= 11 is 3.35. The number of aliphatic hydroxyl groups excluding tert-OH is 1. The van der Waals surface area contributed by atoms with Crippen LogP contribution >= 0.6 is 15.9 Å². The van der Waals surface area contributed by atoms with E-state index in [9.17, 15) is 15.2 Å². The Bertz CT molecular complexity index is 493. The molecule has 2 atom stereocenters. The molecule has 0 saturated heterocycles. The van der Waals surface area contributed by atoms with Gasteiger partial charge >= 0.3 is 0 Å². The van der Waals surface area contributed by atoms with E-state index in [-0.39, 0.29) is 16.7 Å². The predicted molar refractivity (Wildman–Crippen MR) is 77.4 cm³/mol. The largest absolute Gasteiger partial charge is 0.393 e. The topological polar surface area (TPSA) is 75.4 Å². The Kier molecular flexibility index (Phi) is 4.42. The minimum Gasteiger partial charge on any atom is -0.393 e. The maximum Gasteiger partial charge on any atom is 0.273 e. The quantitative estimate of drug-likeness (QED) is 0.657. The number of benzene rings is 1. The minimum atomic E-state index is -0.378. The van der Waals surface area contributed by atoms with Crippen molar-refractivity contribution in [2.75, 3.05) is 11.9 Å². The first kappa shape index (κ1) is 14.3. The molecule has 2 N–H and O–H groups in total. The van der Waals surface area contributed by atoms with Crippen molar-refractivity contribution in [2.24, 2.45) is 5.92 Å². The smallest absolute Gasteiger partial charge is 0.273 e. The Morgan fingerprint density at radius 3 is 2.84 bits per heavy atom. The van der Waals surface area contributed by atoms with E-state index in [0.717, 1.165) is 31.5 Å². The van der Waals surface area contributed by atoms with Crippen molar-refractivity contribution in [1.82, 2.24) is 0 Å². The van der Waals surface area contributed by atoms with Crippen LogP contribution in [0.25, 0.3) is 0 Å². The summed E-state index contributed by atoms with van der Waals surface area (Å²) in [6.45, 7) is 2.52. The number of nitro groups is 1. The molecule has 1 aromatic rings. The number of nitrogens with zero attached hydrogens (tertiary/aromatic N) is 1. The summed E-state index contributed by atoms with van der Waals surface area (Å²) < 4.78 is 0.698. The lowest BCUT2D eigenvalue weighted by atomic mass is 10.1. The van der Waals surface area contributed by atoms with Gasteiger partial charge in [0.05, 0.1) is 11.0 Å². The molecule has 104 valence electrons. The van der Waals surface area contributed by atoms with E-state index in [1.807, 2.05) is 0 Å². The Labute approximate surface area is 120 Å². The highest BCUT2D eigenvalue weighted by Gasteiger charge is 2.23. The molecule has 1 aromatic carbocycles. The molecule has 0 aliphatic heterocycles. The van der Waals surface area contributed by atoms with Crippen molar-refractivity contribution in [1.29, 1.82) is 0 Å². The fraction of sp³-hybridized carbons (Fsp3) is 0.538. The maximum atomic E-state index is 10.8. The summed E-state index contributed by atoms with van der Waals surface area (Å²) in [6, 6.07) is 3.31. The van der Waals surface area contributed by atoms with Crippen LogP contribution in [0.15, 0.2) is 16.6 Å². The first-order valence-corrected chi connectivity index (χ1v) is 7.13. The zero-order chi connectivity index (χ0) is 14.0. The zero-order valence-corrected chi connectivity index (χ0v) is 12.3. The van der Waals surface area contributed by atoms with Crippen molar-refractivity contribution in [2.45, 2.75) is 32.3 Å². The third-order valence-corrected chi connectivity index (χ3v) is 4.23. The molecule has 0 amide bonds. The van der Waals surface area contributed by atoms with Gasteiger partial charge in [-0.2, -0.15) is 0 Å². The van der Waals surface area contributed by atoms with E-state index in [2.05, 4.69) is 21.2 Å². The molecular formula is C13H17BrN2O3. The lowest BCUT2D eigenvalue weighted by Gasteiger charge is -2.14. The van der Waals surface area contributed by atoms with E-state index in [1.54, 1.807) is 13.0 Å². The van der Waals surface area contributed by atoms with Crippen LogP contribution in [-0.4, -0.2) is 22.7 Å². The summed E-state index contributed by atoms with van der Waals surface area (Å²) in [4.78, 5) is 10.4. The van der Waals surface area contributed by atoms with Gasteiger partial charge in [0.1, 0.15) is 0 Å². The molecule has 1 fully saturated rings. The van der Waals surface area contributed by atoms with E-state index in [1.165, 1.54) is 6.07 Å². The first-order valence-electron chi connectivity index (χ1n) is 6.34. The lowest BCUT2D eigenvalue weighted by Crippen LogP contribution is -2.13. The average molecular weight is 329 g/mol. The second-order valence-corrected chi connectivity index (χ2v) is 5.94. The number of hydrogen-bond donors (Lipinski definition) is 2. The van der Waals surface area contributed by atoms with Gasteiger partial charge in [-0.15, -0.1) is 0 Å². The predicted octanol–water partition coefficient (Wildman–Crippen LogP) is 3.24. The van der Waals surface area contributed by atoms with Crippen LogP contribution < -0.4 is 5.32 Å². The minimum absolute atomic E-state index is 0.119. The molecule has 2 rings (SSSR count). The summed E-state index contributed by atoms with van der Waals surface area (Å²) in [5.41, 5.74) is 1.63. The Morgan fingerprint density at radius 1 is 1.53 bits per heavy atom. The summed E-state index contributed by atoms with van der Waals surface area (Å²) in [7, 11) is 0. The Hall–Kier alpha value is -1.14. The molecule has 0 aromatic heterocycles. The zero-order valence-electron chi connectivity index (χ0n) is 10.7. The molecule has 2 unspecified atom stereocenters. The van der Waals surface area contributed by atoms with Gasteiger partial charge in [0.2, 0.25) is 0 Å². The van der Waals surface area contributed by atoms with Crippen molar-refractivity contribution in [3.05, 3.63) is 32.3 Å². The molecule has 6 heteroatoms. The van der Waals surface area contributed by atoms with E-state index < -0.39 is 0 Å². The van der Waals surface area contributed by atoms with Gasteiger partial charge in [0.25, 0.3) is 5.69 Å². The molecule has 19 heavy (non-hydrogen) atoms. The Morgan fingerprint density at radius 2 is 2.26 bits per heavy atom. The summed E-state index contributed by atoms with van der Waals surface area (Å²) in [5, 5.41) is 23.6. The van der Waals surface area contributed by atoms with Gasteiger partial charge in [-0.25, -0.2) is 0 Å². The number of halogens is 1. The van der Waals surface area contributed by atoms with Gasteiger partial charge in [0.15, 0.2) is 0 Å². The Balaban J connectivity index is 2.04. The molecule has 0 spiro atoms. The van der Waals surface area contributed by atoms with Gasteiger partial charge in [-0.1, -0.05) is 0 Å². The van der Waals surface area contributed by atoms with Crippen LogP contribution in [0.5, 0.6) is 0 Å². The number of nitrogens with one attached hydrogen (secondary N) is 1. The van der Waals surface area contributed by atoms with Crippen LogP contribution in [0.4, 0.5) is 11.4 Å². The number of anilines is 1. The second-order valence-electron chi connectivity index (χ2n) is 5.09. The van der Waals surface area contributed by atoms with Gasteiger partial charge in [-0.3, -0.25) is 10.1 Å². The molecule has 1 aliphatic rings. The molecule has 1 aliphatic carbocycles. The SMILES string of the molecule is Cc1cc(NCC2CCC(O)C2)c(Br)cc1[N+](=O)[O-]. The molecule has 0 radical (unpaired) electrons. The van der Waals surface area contributed by atoms with E-state index in [0.29, 0.717) is 16.0 Å². The van der Waals surface area contributed by atoms with Crippen molar-refractivity contribution >= 4 is 27.3 Å². The molecule has 5 nitrogen and oxygen atoms in total. The summed E-state index contributed by atoms with van der Waals surface area (Å²) in [6.07, 6.45) is 2.55. The monoisotopic (exact) mass is 328 g/mol. The molecule has 0 bridgehead atoms. The highest BCUT2D eigenvalue weighted by atomic mass is 79.9. The van der Waals surface area contributed by atoms with Crippen LogP contribution in [0.3, 0.4) is 0 Å². The van der Waals surface area contributed by atoms with Gasteiger partial charge in [-0.05, 0) is 54.1 Å². The van der Waals surface area contributed by atoms with Crippen LogP contribution in [0.1, 0.15) is 24.8 Å². The maximum absolute atomic E-state index is 10.8. The van der Waals surface area contributed by atoms with Crippen LogP contribution in [0, 0.1) is 23.0 Å². The van der Waals surface area contributed by atoms with Gasteiger partial charge in [0, 0.05) is 28.3 Å². The van der Waals surface area contributed by atoms with Gasteiger partial charge < -0.3 is 10.4 Å². The van der Waals surface area contributed by atoms with E-state index >= 15 is 0 Å². The normalized spacial score (nSPS) is 22.5. The number of hydrogen-bond acceptors (Lipinski definition) is 4. The average Bonchev–Trinajstić information content (AvgIpc) is 2.75. The number of aryl methyl sites for hydroxylation is 1. The summed E-state index contributed by atoms with van der Waals surface area (Å²) in [5.74, 6) is 0.470. The number of aliphatic hydroxyl groups is 1. The standard InChI is InChI=1S/C13H17BrN2O3/c1-8-4-12(11(14)6-13(8)16(18)19)15-7-9-2-3-10(17)5-9/h4,6,9-10,15,17H,2-3,5,7H2,1H3. The lowest BCUT2D eigenvalue weighted by molar-refractivity contribution is -0.385. The second kappa shape index (κ2) is 5.88. The van der Waals surface area contributed by atoms with Crippen molar-refractivity contribution < 1.29 is 10.0 Å². The molecule has 0 heterocycles. The van der Waals surface area contributed by atoms with Crippen LogP contribution in [-0.2, 0) is 0 Å². The third kappa shape index (κ3) is 3.45.